The third kappa shape index (κ3) is 6.30. The molecular formula is C18H28N3O4P. The van der Waals surface area contributed by atoms with E-state index in [9.17, 15) is 10.1 Å². The monoisotopic (exact) mass is 382 g/mol. The number of nitro groups is 1. The summed E-state index contributed by atoms with van der Waals surface area (Å²) in [6.45, 7) is 8.39. The Morgan fingerprint density at radius 3 is 2.54 bits per heavy atom. The van der Waals surface area contributed by atoms with Crippen LogP contribution in [-0.4, -0.2) is 28.3 Å². The Morgan fingerprint density at radius 2 is 2.00 bits per heavy atom. The number of hydrogen-bond acceptors (Lipinski definition) is 6. The molecule has 0 heterocycles. The van der Waals surface area contributed by atoms with Crippen LogP contribution < -0.4 is 0 Å². The van der Waals surface area contributed by atoms with Crippen LogP contribution in [0.3, 0.4) is 0 Å². The van der Waals surface area contributed by atoms with E-state index in [-0.39, 0.29) is 37.7 Å². The molecule has 0 saturated carbocycles. The largest absolute Gasteiger partial charge is 0.321 e. The molecule has 0 aliphatic heterocycles. The van der Waals surface area contributed by atoms with Gasteiger partial charge in [0.2, 0.25) is 0 Å². The zero-order valence-corrected chi connectivity index (χ0v) is 16.7. The number of rotatable bonds is 11. The topological polar surface area (TPSA) is 88.6 Å². The second-order valence-corrected chi connectivity index (χ2v) is 7.65. The Morgan fingerprint density at radius 1 is 1.35 bits per heavy atom. The van der Waals surface area contributed by atoms with Gasteiger partial charge in [0.25, 0.3) is 14.2 Å². The molecule has 1 aromatic carbocycles. The molecule has 1 rings (SSSR count). The molecule has 0 amide bonds. The first-order valence-electron chi connectivity index (χ1n) is 9.31. The molecule has 0 fully saturated rings. The third-order valence-corrected chi connectivity index (χ3v) is 5.76. The van der Waals surface area contributed by atoms with Gasteiger partial charge in [0.05, 0.1) is 35.7 Å². The Hall–Kier alpha value is -1.58. The summed E-state index contributed by atoms with van der Waals surface area (Å²) in [5.74, 6) is 0. The lowest BCUT2D eigenvalue weighted by Crippen LogP contribution is -2.34. The second-order valence-electron chi connectivity index (χ2n) is 6.25. The standard InChI is InChI=1S/C18H28N3O4P/c1-6-18(16-10-7-8-11-17(16)21(22)23)25-26(24-13-9-12-19)20(14(2)3)15(4)5/h7-8,10-11,14-15,18H,6,9,13H2,1-5H3/i1D. The van der Waals surface area contributed by atoms with Crippen molar-refractivity contribution >= 4 is 14.2 Å². The fourth-order valence-electron chi connectivity index (χ4n) is 2.59. The van der Waals surface area contributed by atoms with Gasteiger partial charge >= 0.3 is 0 Å². The number of para-hydroxylation sites is 1. The van der Waals surface area contributed by atoms with Crippen LogP contribution >= 0.6 is 8.53 Å². The van der Waals surface area contributed by atoms with Crippen LogP contribution in [0.15, 0.2) is 24.3 Å². The summed E-state index contributed by atoms with van der Waals surface area (Å²) in [6, 6.07) is 8.74. The van der Waals surface area contributed by atoms with Gasteiger partial charge in [-0.15, -0.1) is 0 Å². The number of hydrogen-bond donors (Lipinski definition) is 0. The van der Waals surface area contributed by atoms with Gasteiger partial charge in [-0.05, 0) is 40.2 Å². The van der Waals surface area contributed by atoms with Gasteiger partial charge in [-0.3, -0.25) is 10.1 Å². The van der Waals surface area contributed by atoms with Crippen molar-refractivity contribution in [2.45, 2.75) is 65.6 Å². The molecule has 0 bridgehead atoms. The molecule has 8 heteroatoms. The minimum Gasteiger partial charge on any atom is -0.321 e. The van der Waals surface area contributed by atoms with E-state index >= 15 is 0 Å². The highest BCUT2D eigenvalue weighted by Gasteiger charge is 2.31. The van der Waals surface area contributed by atoms with Crippen molar-refractivity contribution in [2.75, 3.05) is 6.61 Å². The van der Waals surface area contributed by atoms with Crippen LogP contribution in [0.2, 0.25) is 0 Å². The molecule has 26 heavy (non-hydrogen) atoms. The molecule has 0 aromatic heterocycles. The predicted molar refractivity (Wildman–Crippen MR) is 102 cm³/mol. The number of nitro benzene ring substituents is 1. The van der Waals surface area contributed by atoms with Gasteiger partial charge < -0.3 is 9.05 Å². The molecule has 0 N–H and O–H groups in total. The summed E-state index contributed by atoms with van der Waals surface area (Å²) < 4.78 is 21.8. The molecular weight excluding hydrogens is 353 g/mol. The van der Waals surface area contributed by atoms with E-state index in [1.807, 2.05) is 33.8 Å². The minimum atomic E-state index is -1.54. The Balaban J connectivity index is 3.19. The van der Waals surface area contributed by atoms with E-state index in [1.165, 1.54) is 6.07 Å². The normalized spacial score (nSPS) is 14.3. The summed E-state index contributed by atoms with van der Waals surface area (Å²) in [6.07, 6.45) is -0.0758. The second kappa shape index (κ2) is 11.2. The van der Waals surface area contributed by atoms with Crippen molar-refractivity contribution in [3.63, 3.8) is 0 Å². The van der Waals surface area contributed by atoms with E-state index < -0.39 is 19.6 Å². The number of benzene rings is 1. The van der Waals surface area contributed by atoms with Crippen LogP contribution in [0.25, 0.3) is 0 Å². The lowest BCUT2D eigenvalue weighted by molar-refractivity contribution is -0.386. The Bertz CT molecular complexity index is 631. The SMILES string of the molecule is [2H]CCC(OP(OCCC#N)N(C(C)C)C(C)C)c1ccccc1[N+](=O)[O-]. The quantitative estimate of drug-likeness (QED) is 0.222. The first-order valence-corrected chi connectivity index (χ1v) is 9.74. The summed E-state index contributed by atoms with van der Waals surface area (Å²) in [4.78, 5) is 11.0. The maximum absolute atomic E-state index is 11.4. The van der Waals surface area contributed by atoms with Crippen molar-refractivity contribution in [3.05, 3.63) is 39.9 Å². The minimum absolute atomic E-state index is 0.0245. The Labute approximate surface area is 158 Å². The highest BCUT2D eigenvalue weighted by Crippen LogP contribution is 2.51. The van der Waals surface area contributed by atoms with Gasteiger partial charge in [-0.2, -0.15) is 5.26 Å². The van der Waals surface area contributed by atoms with E-state index in [0.29, 0.717) is 12.0 Å². The summed E-state index contributed by atoms with van der Waals surface area (Å²) in [5.41, 5.74) is 0.419. The summed E-state index contributed by atoms with van der Waals surface area (Å²) >= 11 is 0. The van der Waals surface area contributed by atoms with Crippen molar-refractivity contribution < 1.29 is 15.3 Å². The maximum Gasteiger partial charge on any atom is 0.275 e. The van der Waals surface area contributed by atoms with Crippen molar-refractivity contribution in [3.8, 4) is 6.07 Å². The molecule has 0 aliphatic carbocycles. The molecule has 144 valence electrons. The lowest BCUT2D eigenvalue weighted by atomic mass is 10.1. The summed E-state index contributed by atoms with van der Waals surface area (Å²) in [7, 11) is -1.54. The molecule has 0 aliphatic rings. The summed E-state index contributed by atoms with van der Waals surface area (Å²) in [5, 5.41) is 20.2. The van der Waals surface area contributed by atoms with Crippen molar-refractivity contribution in [2.24, 2.45) is 0 Å². The van der Waals surface area contributed by atoms with Gasteiger partial charge in [0.1, 0.15) is 0 Å². The zero-order chi connectivity index (χ0) is 20.4. The molecule has 0 radical (unpaired) electrons. The maximum atomic E-state index is 11.4. The number of nitrogens with zero attached hydrogens (tertiary/aromatic N) is 3. The van der Waals surface area contributed by atoms with Crippen LogP contribution in [0.5, 0.6) is 0 Å². The fraction of sp³-hybridized carbons (Fsp3) is 0.611. The molecule has 0 spiro atoms. The fourth-order valence-corrected chi connectivity index (χ4v) is 4.34. The number of nitriles is 1. The first kappa shape index (κ1) is 20.7. The smallest absolute Gasteiger partial charge is 0.275 e. The zero-order valence-electron chi connectivity index (χ0n) is 16.8. The van der Waals surface area contributed by atoms with Crippen LogP contribution in [0.4, 0.5) is 5.69 Å². The van der Waals surface area contributed by atoms with Crippen LogP contribution in [0, 0.1) is 21.4 Å². The highest BCUT2D eigenvalue weighted by molar-refractivity contribution is 7.44. The molecule has 2 unspecified atom stereocenters. The third-order valence-electron chi connectivity index (χ3n) is 3.62. The van der Waals surface area contributed by atoms with Crippen molar-refractivity contribution in [1.82, 2.24) is 4.67 Å². The molecule has 1 aromatic rings. The molecule has 7 nitrogen and oxygen atoms in total. The van der Waals surface area contributed by atoms with Crippen LogP contribution in [-0.2, 0) is 9.05 Å². The van der Waals surface area contributed by atoms with E-state index in [2.05, 4.69) is 4.67 Å². The lowest BCUT2D eigenvalue weighted by Gasteiger charge is -2.37. The Kier molecular flexibility index (Phi) is 8.93. The predicted octanol–water partition coefficient (Wildman–Crippen LogP) is 5.34. The average Bonchev–Trinajstić information content (AvgIpc) is 2.60. The van der Waals surface area contributed by atoms with E-state index in [1.54, 1.807) is 18.2 Å². The first-order chi connectivity index (χ1) is 12.8. The van der Waals surface area contributed by atoms with E-state index in [0.717, 1.165) is 0 Å². The molecule has 2 atom stereocenters. The van der Waals surface area contributed by atoms with Gasteiger partial charge in [0.15, 0.2) is 0 Å². The highest BCUT2D eigenvalue weighted by atomic mass is 31.2. The van der Waals surface area contributed by atoms with Crippen molar-refractivity contribution in [1.29, 1.82) is 5.26 Å². The van der Waals surface area contributed by atoms with Crippen LogP contribution in [0.1, 0.15) is 60.5 Å². The van der Waals surface area contributed by atoms with Gasteiger partial charge in [-0.25, -0.2) is 4.67 Å². The van der Waals surface area contributed by atoms with Gasteiger partial charge in [-0.1, -0.05) is 19.0 Å². The van der Waals surface area contributed by atoms with E-state index in [4.69, 9.17) is 15.7 Å². The average molecular weight is 382 g/mol. The van der Waals surface area contributed by atoms with Gasteiger partial charge in [0, 0.05) is 19.5 Å². The molecule has 0 saturated heterocycles.